The van der Waals surface area contributed by atoms with Crippen LogP contribution in [0, 0.1) is 0 Å². The highest BCUT2D eigenvalue weighted by atomic mass is 32.1. The van der Waals surface area contributed by atoms with Crippen LogP contribution in [0.25, 0.3) is 21.5 Å². The van der Waals surface area contributed by atoms with Crippen molar-refractivity contribution in [2.75, 3.05) is 11.1 Å². The third kappa shape index (κ3) is 4.40. The van der Waals surface area contributed by atoms with Crippen LogP contribution in [0.2, 0.25) is 0 Å². The zero-order chi connectivity index (χ0) is 20.4. The van der Waals surface area contributed by atoms with E-state index < -0.39 is 6.36 Å². The molecule has 5 nitrogen and oxygen atoms in total. The Morgan fingerprint density at radius 1 is 1.00 bits per heavy atom. The number of fused-ring (bicyclic) bond motifs is 1. The van der Waals surface area contributed by atoms with E-state index in [4.69, 9.17) is 5.73 Å². The molecule has 9 heteroatoms. The Hall–Kier alpha value is -3.33. The van der Waals surface area contributed by atoms with Crippen LogP contribution in [-0.4, -0.2) is 16.3 Å². The number of aromatic nitrogens is 2. The molecule has 0 amide bonds. The maximum absolute atomic E-state index is 12.2. The Balaban J connectivity index is 1.50. The number of hydrogen-bond acceptors (Lipinski definition) is 6. The van der Waals surface area contributed by atoms with E-state index in [9.17, 15) is 13.2 Å². The summed E-state index contributed by atoms with van der Waals surface area (Å²) in [4.78, 5) is 10.4. The normalized spacial score (nSPS) is 11.6. The molecule has 3 N–H and O–H groups in total. The third-order valence-electron chi connectivity index (χ3n) is 4.19. The molecule has 0 aliphatic heterocycles. The molecule has 1 aromatic carbocycles. The molecule has 3 aromatic heterocycles. The van der Waals surface area contributed by atoms with Gasteiger partial charge in [-0.15, -0.1) is 24.5 Å². The Labute approximate surface area is 168 Å². The number of ether oxygens (including phenoxy) is 1. The van der Waals surface area contributed by atoms with E-state index in [0.717, 1.165) is 26.4 Å². The lowest BCUT2D eigenvalue weighted by molar-refractivity contribution is -0.274. The molecule has 29 heavy (non-hydrogen) atoms. The average Bonchev–Trinajstić information content (AvgIpc) is 3.02. The molecule has 0 spiro atoms. The van der Waals surface area contributed by atoms with Crippen molar-refractivity contribution in [1.29, 1.82) is 0 Å². The van der Waals surface area contributed by atoms with E-state index in [1.807, 2.05) is 24.3 Å². The minimum absolute atomic E-state index is 0.266. The number of benzene rings is 1. The van der Waals surface area contributed by atoms with Gasteiger partial charge in [0.2, 0.25) is 0 Å². The summed E-state index contributed by atoms with van der Waals surface area (Å²) in [6, 6.07) is 13.2. The van der Waals surface area contributed by atoms with Gasteiger partial charge < -0.3 is 15.8 Å². The molecule has 4 aromatic rings. The van der Waals surface area contributed by atoms with Gasteiger partial charge in [0.05, 0.1) is 17.9 Å². The molecular formula is C20H15F3N4OS. The molecule has 0 fully saturated rings. The third-order valence-corrected chi connectivity index (χ3v) is 5.30. The van der Waals surface area contributed by atoms with E-state index >= 15 is 0 Å². The Kier molecular flexibility index (Phi) is 4.98. The number of alkyl halides is 3. The summed E-state index contributed by atoms with van der Waals surface area (Å²) in [6.07, 6.45) is -1.28. The highest BCUT2D eigenvalue weighted by molar-refractivity contribution is 7.19. The zero-order valence-electron chi connectivity index (χ0n) is 14.9. The number of nitrogen functional groups attached to an aromatic ring is 1. The summed E-state index contributed by atoms with van der Waals surface area (Å²) in [5.41, 5.74) is 9.36. The van der Waals surface area contributed by atoms with E-state index in [1.54, 1.807) is 12.4 Å². The van der Waals surface area contributed by atoms with Gasteiger partial charge in [-0.1, -0.05) is 0 Å². The summed E-state index contributed by atoms with van der Waals surface area (Å²) in [5.74, 6) is -0.266. The zero-order valence-corrected chi connectivity index (χ0v) is 15.7. The number of nitrogens with one attached hydrogen (secondary N) is 1. The van der Waals surface area contributed by atoms with Crippen LogP contribution < -0.4 is 15.8 Å². The van der Waals surface area contributed by atoms with Gasteiger partial charge >= 0.3 is 6.36 Å². The van der Waals surface area contributed by atoms with Gasteiger partial charge in [0.15, 0.2) is 0 Å². The summed E-state index contributed by atoms with van der Waals surface area (Å²) in [7, 11) is 0. The molecule has 0 unspecified atom stereocenters. The van der Waals surface area contributed by atoms with Gasteiger partial charge in [0.1, 0.15) is 10.6 Å². The van der Waals surface area contributed by atoms with Crippen molar-refractivity contribution in [3.63, 3.8) is 0 Å². The standard InChI is InChI=1S/C20H15F3N4OS/c21-20(22,23)28-14-3-1-13(2-4-14)26-11-17-18(24)15-5-6-16(27-19(15)29-17)12-7-9-25-10-8-12/h1-10,26H,11,24H2. The van der Waals surface area contributed by atoms with E-state index in [-0.39, 0.29) is 5.75 Å². The molecule has 0 saturated heterocycles. The fourth-order valence-electron chi connectivity index (χ4n) is 2.82. The SMILES string of the molecule is Nc1c(CNc2ccc(OC(F)(F)F)cc2)sc2nc(-c3ccncc3)ccc12. The van der Waals surface area contributed by atoms with Crippen molar-refractivity contribution in [2.45, 2.75) is 12.9 Å². The van der Waals surface area contributed by atoms with Crippen molar-refractivity contribution in [2.24, 2.45) is 0 Å². The summed E-state index contributed by atoms with van der Waals surface area (Å²) in [6.45, 7) is 0.428. The number of rotatable bonds is 5. The topological polar surface area (TPSA) is 73.1 Å². The Bertz CT molecular complexity index is 1130. The predicted molar refractivity (Wildman–Crippen MR) is 108 cm³/mol. The van der Waals surface area contributed by atoms with Crippen LogP contribution >= 0.6 is 11.3 Å². The molecular weight excluding hydrogens is 401 g/mol. The molecule has 0 saturated carbocycles. The van der Waals surface area contributed by atoms with Crippen LogP contribution in [0.5, 0.6) is 5.75 Å². The van der Waals surface area contributed by atoms with Crippen molar-refractivity contribution < 1.29 is 17.9 Å². The van der Waals surface area contributed by atoms with Gasteiger partial charge in [0, 0.05) is 33.9 Å². The Morgan fingerprint density at radius 2 is 1.72 bits per heavy atom. The lowest BCUT2D eigenvalue weighted by atomic mass is 10.1. The van der Waals surface area contributed by atoms with Gasteiger partial charge in [-0.3, -0.25) is 4.98 Å². The summed E-state index contributed by atoms with van der Waals surface area (Å²) < 4.78 is 40.6. The van der Waals surface area contributed by atoms with E-state index in [1.165, 1.54) is 35.6 Å². The molecule has 148 valence electrons. The van der Waals surface area contributed by atoms with Crippen LogP contribution in [-0.2, 0) is 6.54 Å². The number of thiophene rings is 1. The minimum atomic E-state index is -4.71. The number of nitrogens with zero attached hydrogens (tertiary/aromatic N) is 2. The molecule has 4 rings (SSSR count). The largest absolute Gasteiger partial charge is 0.573 e. The van der Waals surface area contributed by atoms with Gasteiger partial charge in [-0.05, 0) is 48.5 Å². The lowest BCUT2D eigenvalue weighted by Crippen LogP contribution is -2.17. The molecule has 0 aliphatic carbocycles. The number of nitrogens with two attached hydrogens (primary N) is 1. The van der Waals surface area contributed by atoms with Gasteiger partial charge in [0.25, 0.3) is 0 Å². The second-order valence-corrected chi connectivity index (χ2v) is 7.23. The number of halogens is 3. The second kappa shape index (κ2) is 7.59. The summed E-state index contributed by atoms with van der Waals surface area (Å²) >= 11 is 1.48. The minimum Gasteiger partial charge on any atom is -0.406 e. The fourth-order valence-corrected chi connectivity index (χ4v) is 3.85. The average molecular weight is 416 g/mol. The molecule has 3 heterocycles. The van der Waals surface area contributed by atoms with E-state index in [2.05, 4.69) is 20.0 Å². The molecule has 0 atom stereocenters. The van der Waals surface area contributed by atoms with Crippen LogP contribution in [0.1, 0.15) is 4.88 Å². The van der Waals surface area contributed by atoms with Crippen LogP contribution in [0.15, 0.2) is 60.9 Å². The van der Waals surface area contributed by atoms with Crippen molar-refractivity contribution >= 4 is 32.9 Å². The number of anilines is 2. The molecule has 0 bridgehead atoms. The smallest absolute Gasteiger partial charge is 0.406 e. The first-order valence-corrected chi connectivity index (χ1v) is 9.39. The maximum Gasteiger partial charge on any atom is 0.573 e. The first kappa shape index (κ1) is 19.0. The number of pyridine rings is 2. The Morgan fingerprint density at radius 3 is 2.41 bits per heavy atom. The van der Waals surface area contributed by atoms with Gasteiger partial charge in [-0.2, -0.15) is 0 Å². The predicted octanol–water partition coefficient (Wildman–Crippen LogP) is 5.45. The van der Waals surface area contributed by atoms with E-state index in [0.29, 0.717) is 17.9 Å². The van der Waals surface area contributed by atoms with Gasteiger partial charge in [-0.25, -0.2) is 4.98 Å². The highest BCUT2D eigenvalue weighted by Gasteiger charge is 2.30. The maximum atomic E-state index is 12.2. The first-order valence-electron chi connectivity index (χ1n) is 8.57. The van der Waals surface area contributed by atoms with Crippen molar-refractivity contribution in [3.05, 3.63) is 65.8 Å². The molecule has 0 radical (unpaired) electrons. The summed E-state index contributed by atoms with van der Waals surface area (Å²) in [5, 5.41) is 4.03. The highest BCUT2D eigenvalue weighted by Crippen LogP contribution is 2.34. The number of hydrogen-bond donors (Lipinski definition) is 2. The van der Waals surface area contributed by atoms with Crippen molar-refractivity contribution in [1.82, 2.24) is 9.97 Å². The monoisotopic (exact) mass is 416 g/mol. The fraction of sp³-hybridized carbons (Fsp3) is 0.100. The quantitative estimate of drug-likeness (QED) is 0.453. The lowest BCUT2D eigenvalue weighted by Gasteiger charge is -2.10. The van der Waals surface area contributed by atoms with Crippen LogP contribution in [0.4, 0.5) is 24.5 Å². The van der Waals surface area contributed by atoms with Crippen molar-refractivity contribution in [3.8, 4) is 17.0 Å². The second-order valence-electron chi connectivity index (χ2n) is 6.15. The first-order chi connectivity index (χ1) is 13.9. The van der Waals surface area contributed by atoms with Crippen LogP contribution in [0.3, 0.4) is 0 Å². The molecule has 0 aliphatic rings.